The molecule has 2 atom stereocenters. The highest BCUT2D eigenvalue weighted by Crippen LogP contribution is 2.20. The van der Waals surface area contributed by atoms with Crippen LogP contribution in [0.5, 0.6) is 0 Å². The van der Waals surface area contributed by atoms with Crippen LogP contribution in [0.15, 0.2) is 30.3 Å². The van der Waals surface area contributed by atoms with Gasteiger partial charge in [-0.3, -0.25) is 4.79 Å². The highest BCUT2D eigenvalue weighted by Gasteiger charge is 2.23. The third kappa shape index (κ3) is 4.83. The lowest BCUT2D eigenvalue weighted by molar-refractivity contribution is -0.133. The third-order valence-corrected chi connectivity index (χ3v) is 4.17. The van der Waals surface area contributed by atoms with E-state index >= 15 is 0 Å². The lowest BCUT2D eigenvalue weighted by Crippen LogP contribution is -2.41. The van der Waals surface area contributed by atoms with Crippen LogP contribution in [0, 0.1) is 5.92 Å². The molecule has 0 radical (unpaired) electrons. The van der Waals surface area contributed by atoms with E-state index in [0.29, 0.717) is 18.8 Å². The predicted molar refractivity (Wildman–Crippen MR) is 83.8 cm³/mol. The number of carbonyl (C=O) groups is 1. The van der Waals surface area contributed by atoms with Crippen LogP contribution in [0.25, 0.3) is 0 Å². The number of likely N-dealkylation sites (tertiary alicyclic amines) is 1. The summed E-state index contributed by atoms with van der Waals surface area (Å²) in [6.45, 7) is 2.44. The van der Waals surface area contributed by atoms with Crippen molar-refractivity contribution in [2.75, 3.05) is 26.8 Å². The molecule has 2 N–H and O–H groups in total. The molecule has 1 heterocycles. The maximum Gasteiger partial charge on any atom is 0.222 e. The van der Waals surface area contributed by atoms with E-state index in [1.54, 1.807) is 7.11 Å². The Bertz CT molecular complexity index is 434. The first kappa shape index (κ1) is 16.0. The fourth-order valence-corrected chi connectivity index (χ4v) is 2.97. The maximum atomic E-state index is 12.3. The Morgan fingerprint density at radius 2 is 2.19 bits per heavy atom. The highest BCUT2D eigenvalue weighted by molar-refractivity contribution is 5.76. The second-order valence-electron chi connectivity index (χ2n) is 5.86. The summed E-state index contributed by atoms with van der Waals surface area (Å²) in [4.78, 5) is 14.3. The molecule has 1 aromatic rings. The average molecular weight is 290 g/mol. The zero-order chi connectivity index (χ0) is 15.1. The van der Waals surface area contributed by atoms with Gasteiger partial charge in [-0.05, 0) is 30.7 Å². The lowest BCUT2D eigenvalue weighted by Gasteiger charge is -2.32. The highest BCUT2D eigenvalue weighted by atomic mass is 16.5. The Morgan fingerprint density at radius 3 is 2.90 bits per heavy atom. The molecule has 116 valence electrons. The number of methoxy groups -OCH3 is 1. The summed E-state index contributed by atoms with van der Waals surface area (Å²) in [6, 6.07) is 9.92. The fourth-order valence-electron chi connectivity index (χ4n) is 2.97. The summed E-state index contributed by atoms with van der Waals surface area (Å²) in [7, 11) is 1.72. The van der Waals surface area contributed by atoms with Crippen LogP contribution in [0.4, 0.5) is 0 Å². The van der Waals surface area contributed by atoms with E-state index in [2.05, 4.69) is 0 Å². The monoisotopic (exact) mass is 290 g/mol. The number of benzene rings is 1. The van der Waals surface area contributed by atoms with E-state index in [1.807, 2.05) is 35.2 Å². The van der Waals surface area contributed by atoms with Crippen LogP contribution in [-0.4, -0.2) is 37.6 Å². The number of nitrogens with two attached hydrogens (primary N) is 1. The Hall–Kier alpha value is -1.39. The van der Waals surface area contributed by atoms with Gasteiger partial charge in [-0.25, -0.2) is 0 Å². The van der Waals surface area contributed by atoms with Gasteiger partial charge in [-0.2, -0.15) is 0 Å². The number of piperidine rings is 1. The molecule has 0 saturated carbocycles. The van der Waals surface area contributed by atoms with Crippen LogP contribution in [0.3, 0.4) is 0 Å². The second kappa shape index (κ2) is 8.15. The molecule has 1 saturated heterocycles. The van der Waals surface area contributed by atoms with Gasteiger partial charge in [0, 0.05) is 32.7 Å². The summed E-state index contributed by atoms with van der Waals surface area (Å²) in [5, 5.41) is 0. The van der Waals surface area contributed by atoms with Gasteiger partial charge in [0.05, 0.1) is 6.61 Å². The number of hydrogen-bond acceptors (Lipinski definition) is 3. The van der Waals surface area contributed by atoms with Gasteiger partial charge >= 0.3 is 0 Å². The summed E-state index contributed by atoms with van der Waals surface area (Å²) in [5.74, 6) is 0.706. The van der Waals surface area contributed by atoms with E-state index in [-0.39, 0.29) is 11.9 Å². The zero-order valence-electron chi connectivity index (χ0n) is 12.8. The number of rotatable bonds is 6. The molecular formula is C17H26N2O2. The third-order valence-electron chi connectivity index (χ3n) is 4.17. The first-order valence-electron chi connectivity index (χ1n) is 7.78. The number of nitrogens with zero attached hydrogens (tertiary/aromatic N) is 1. The van der Waals surface area contributed by atoms with E-state index in [0.717, 1.165) is 38.1 Å². The Balaban J connectivity index is 1.79. The number of ether oxygens (including phenoxy) is 1. The first-order chi connectivity index (χ1) is 10.2. The van der Waals surface area contributed by atoms with Crippen LogP contribution in [0.1, 0.15) is 37.3 Å². The summed E-state index contributed by atoms with van der Waals surface area (Å²) >= 11 is 0. The maximum absolute atomic E-state index is 12.3. The molecule has 0 aromatic heterocycles. The van der Waals surface area contributed by atoms with Gasteiger partial charge in [0.15, 0.2) is 0 Å². The van der Waals surface area contributed by atoms with Crippen molar-refractivity contribution < 1.29 is 9.53 Å². The Kier molecular flexibility index (Phi) is 6.21. The molecule has 1 aliphatic rings. The SMILES string of the molecule is COCC1CCCN(C(=O)CCC(N)c2ccccc2)C1. The van der Waals surface area contributed by atoms with Crippen LogP contribution in [-0.2, 0) is 9.53 Å². The molecule has 0 bridgehead atoms. The number of carbonyl (C=O) groups excluding carboxylic acids is 1. The minimum absolute atomic E-state index is 0.0605. The van der Waals surface area contributed by atoms with Gasteiger partial charge in [0.25, 0.3) is 0 Å². The fraction of sp³-hybridized carbons (Fsp3) is 0.588. The molecule has 1 aromatic carbocycles. The first-order valence-corrected chi connectivity index (χ1v) is 7.78. The summed E-state index contributed by atoms with van der Waals surface area (Å²) in [6.07, 6.45) is 3.45. The van der Waals surface area contributed by atoms with Crippen molar-refractivity contribution in [2.45, 2.75) is 31.7 Å². The predicted octanol–water partition coefficient (Wildman–Crippen LogP) is 2.35. The van der Waals surface area contributed by atoms with Gasteiger partial charge in [0.1, 0.15) is 0 Å². The normalized spacial score (nSPS) is 20.3. The van der Waals surface area contributed by atoms with Crippen LogP contribution in [0.2, 0.25) is 0 Å². The minimum atomic E-state index is -0.0605. The Labute approximate surface area is 127 Å². The molecule has 2 unspecified atom stereocenters. The number of amides is 1. The molecule has 0 aliphatic carbocycles. The molecule has 2 rings (SSSR count). The van der Waals surface area contributed by atoms with E-state index in [1.165, 1.54) is 0 Å². The van der Waals surface area contributed by atoms with Crippen molar-refractivity contribution in [3.8, 4) is 0 Å². The quantitative estimate of drug-likeness (QED) is 0.875. The second-order valence-corrected chi connectivity index (χ2v) is 5.86. The minimum Gasteiger partial charge on any atom is -0.384 e. The molecule has 1 aliphatic heterocycles. The van der Waals surface area contributed by atoms with Crippen molar-refractivity contribution in [3.63, 3.8) is 0 Å². The number of hydrogen-bond donors (Lipinski definition) is 1. The van der Waals surface area contributed by atoms with E-state index in [9.17, 15) is 4.79 Å². The van der Waals surface area contributed by atoms with Crippen molar-refractivity contribution in [1.29, 1.82) is 0 Å². The molecule has 1 fully saturated rings. The zero-order valence-corrected chi connectivity index (χ0v) is 12.8. The van der Waals surface area contributed by atoms with Gasteiger partial charge in [-0.15, -0.1) is 0 Å². The van der Waals surface area contributed by atoms with E-state index in [4.69, 9.17) is 10.5 Å². The van der Waals surface area contributed by atoms with Crippen molar-refractivity contribution in [2.24, 2.45) is 11.7 Å². The summed E-state index contributed by atoms with van der Waals surface area (Å²) in [5.41, 5.74) is 7.26. The molecule has 4 heteroatoms. The molecule has 1 amide bonds. The lowest BCUT2D eigenvalue weighted by atomic mass is 9.97. The van der Waals surface area contributed by atoms with Gasteiger partial charge in [0.2, 0.25) is 5.91 Å². The van der Waals surface area contributed by atoms with Crippen LogP contribution < -0.4 is 5.73 Å². The van der Waals surface area contributed by atoms with Gasteiger partial charge < -0.3 is 15.4 Å². The molecular weight excluding hydrogens is 264 g/mol. The molecule has 0 spiro atoms. The topological polar surface area (TPSA) is 55.6 Å². The van der Waals surface area contributed by atoms with Crippen molar-refractivity contribution >= 4 is 5.91 Å². The van der Waals surface area contributed by atoms with Crippen molar-refractivity contribution in [1.82, 2.24) is 4.90 Å². The van der Waals surface area contributed by atoms with Crippen molar-refractivity contribution in [3.05, 3.63) is 35.9 Å². The van der Waals surface area contributed by atoms with Gasteiger partial charge in [-0.1, -0.05) is 30.3 Å². The Morgan fingerprint density at radius 1 is 1.43 bits per heavy atom. The largest absolute Gasteiger partial charge is 0.384 e. The van der Waals surface area contributed by atoms with E-state index < -0.39 is 0 Å². The standard InChI is InChI=1S/C17H26N2O2/c1-21-13-14-6-5-11-19(12-14)17(20)10-9-16(18)15-7-3-2-4-8-15/h2-4,7-8,14,16H,5-6,9-13,18H2,1H3. The van der Waals surface area contributed by atoms with Crippen LogP contribution >= 0.6 is 0 Å². The molecule has 4 nitrogen and oxygen atoms in total. The molecule has 21 heavy (non-hydrogen) atoms. The average Bonchev–Trinajstić information content (AvgIpc) is 2.53. The smallest absolute Gasteiger partial charge is 0.222 e. The summed E-state index contributed by atoms with van der Waals surface area (Å²) < 4.78 is 5.21.